The zero-order chi connectivity index (χ0) is 24.8. The summed E-state index contributed by atoms with van der Waals surface area (Å²) in [7, 11) is 0. The second-order valence-electron chi connectivity index (χ2n) is 10.0. The number of urea groups is 1. The summed E-state index contributed by atoms with van der Waals surface area (Å²) in [6, 6.07) is 17.2. The maximum absolute atomic E-state index is 14.1. The lowest BCUT2D eigenvalue weighted by atomic mass is 9.93. The normalized spacial score (nSPS) is 21.5. The number of rotatable bonds is 6. The van der Waals surface area contributed by atoms with E-state index in [0.29, 0.717) is 25.6 Å². The quantitative estimate of drug-likeness (QED) is 0.660. The molecule has 2 heterocycles. The summed E-state index contributed by atoms with van der Waals surface area (Å²) in [5.74, 6) is 0.150. The number of nitriles is 1. The average Bonchev–Trinajstić information content (AvgIpc) is 2.85. The molecule has 2 saturated heterocycles. The van der Waals surface area contributed by atoms with E-state index in [9.17, 15) is 9.18 Å². The highest BCUT2D eigenvalue weighted by Crippen LogP contribution is 2.25. The van der Waals surface area contributed by atoms with Gasteiger partial charge in [-0.1, -0.05) is 30.3 Å². The van der Waals surface area contributed by atoms with Crippen molar-refractivity contribution in [2.75, 3.05) is 37.6 Å². The molecule has 6 nitrogen and oxygen atoms in total. The van der Waals surface area contributed by atoms with Crippen molar-refractivity contribution in [1.82, 2.24) is 15.1 Å². The molecule has 0 radical (unpaired) electrons. The first kappa shape index (κ1) is 25.0. The lowest BCUT2D eigenvalue weighted by molar-refractivity contribution is 0.139. The van der Waals surface area contributed by atoms with Gasteiger partial charge in [0, 0.05) is 44.0 Å². The maximum Gasteiger partial charge on any atom is 0.318 e. The summed E-state index contributed by atoms with van der Waals surface area (Å²) in [6.45, 7) is 9.25. The van der Waals surface area contributed by atoms with E-state index in [1.54, 1.807) is 6.07 Å². The predicted molar refractivity (Wildman–Crippen MR) is 137 cm³/mol. The van der Waals surface area contributed by atoms with Gasteiger partial charge in [0.2, 0.25) is 0 Å². The Kier molecular flexibility index (Phi) is 8.25. The number of amides is 2. The molecule has 2 aliphatic heterocycles. The Morgan fingerprint density at radius 3 is 2.40 bits per heavy atom. The molecule has 0 bridgehead atoms. The molecule has 2 fully saturated rings. The lowest BCUT2D eigenvalue weighted by Crippen LogP contribution is -2.61. The van der Waals surface area contributed by atoms with Gasteiger partial charge < -0.3 is 15.1 Å². The van der Waals surface area contributed by atoms with Crippen LogP contribution in [-0.4, -0.2) is 60.6 Å². The van der Waals surface area contributed by atoms with E-state index in [2.05, 4.69) is 45.4 Å². The lowest BCUT2D eigenvalue weighted by Gasteiger charge is -2.45. The fraction of sp³-hybridized carbons (Fsp3) is 0.500. The standard InChI is InChI=1S/C28H36FN5O/c1-21-18-33(26-9-8-25(17-30)27(29)16-26)19-22(2)34(21)28(35)31-13-10-23-11-14-32(15-12-23)20-24-6-4-3-5-7-24/h3-9,16,21-23H,10-15,18-20H2,1-2H3,(H,31,35)/t21-,22+. The van der Waals surface area contributed by atoms with E-state index >= 15 is 0 Å². The van der Waals surface area contributed by atoms with E-state index < -0.39 is 5.82 Å². The third-order valence-electron chi connectivity index (χ3n) is 7.38. The first-order chi connectivity index (χ1) is 16.9. The second-order valence-corrected chi connectivity index (χ2v) is 10.0. The number of hydrogen-bond acceptors (Lipinski definition) is 4. The first-order valence-corrected chi connectivity index (χ1v) is 12.7. The van der Waals surface area contributed by atoms with E-state index in [4.69, 9.17) is 5.26 Å². The van der Waals surface area contributed by atoms with E-state index in [1.165, 1.54) is 30.5 Å². The summed E-state index contributed by atoms with van der Waals surface area (Å²) in [5.41, 5.74) is 2.17. The number of carbonyl (C=O) groups is 1. The molecule has 4 rings (SSSR count). The molecule has 1 N–H and O–H groups in total. The van der Waals surface area contributed by atoms with Gasteiger partial charge in [-0.3, -0.25) is 4.90 Å². The average molecular weight is 478 g/mol. The van der Waals surface area contributed by atoms with Crippen molar-refractivity contribution in [3.63, 3.8) is 0 Å². The van der Waals surface area contributed by atoms with Gasteiger partial charge in [0.05, 0.1) is 5.56 Å². The molecule has 7 heteroatoms. The summed E-state index contributed by atoms with van der Waals surface area (Å²) < 4.78 is 14.1. The number of piperazine rings is 1. The molecule has 35 heavy (non-hydrogen) atoms. The van der Waals surface area contributed by atoms with Crippen LogP contribution < -0.4 is 10.2 Å². The molecule has 186 valence electrons. The van der Waals surface area contributed by atoms with Crippen molar-refractivity contribution in [1.29, 1.82) is 5.26 Å². The fourth-order valence-corrected chi connectivity index (χ4v) is 5.47. The summed E-state index contributed by atoms with van der Waals surface area (Å²) in [4.78, 5) is 19.5. The highest BCUT2D eigenvalue weighted by Gasteiger charge is 2.33. The smallest absolute Gasteiger partial charge is 0.318 e. The van der Waals surface area contributed by atoms with Gasteiger partial charge in [-0.2, -0.15) is 5.26 Å². The molecular formula is C28H36FN5O. The Bertz CT molecular complexity index is 1020. The minimum absolute atomic E-state index is 0.00122. The number of anilines is 1. The third-order valence-corrected chi connectivity index (χ3v) is 7.38. The Morgan fingerprint density at radius 2 is 1.77 bits per heavy atom. The van der Waals surface area contributed by atoms with Crippen LogP contribution in [0.25, 0.3) is 0 Å². The maximum atomic E-state index is 14.1. The summed E-state index contributed by atoms with van der Waals surface area (Å²) >= 11 is 0. The number of carbonyl (C=O) groups excluding carboxylic acids is 1. The Balaban J connectivity index is 1.20. The molecule has 2 amide bonds. The molecule has 2 atom stereocenters. The number of hydrogen-bond donors (Lipinski definition) is 1. The number of halogens is 1. The van der Waals surface area contributed by atoms with Crippen molar-refractivity contribution in [3.05, 3.63) is 65.5 Å². The number of benzene rings is 2. The monoisotopic (exact) mass is 477 g/mol. The summed E-state index contributed by atoms with van der Waals surface area (Å²) in [6.07, 6.45) is 3.36. The molecule has 0 spiro atoms. The van der Waals surface area contributed by atoms with Crippen molar-refractivity contribution in [2.45, 2.75) is 51.7 Å². The van der Waals surface area contributed by atoms with Crippen LogP contribution >= 0.6 is 0 Å². The van der Waals surface area contributed by atoms with Crippen LogP contribution in [0, 0.1) is 23.1 Å². The van der Waals surface area contributed by atoms with Gasteiger partial charge in [-0.25, -0.2) is 9.18 Å². The molecule has 2 aromatic carbocycles. The molecule has 0 aromatic heterocycles. The van der Waals surface area contributed by atoms with Crippen molar-refractivity contribution < 1.29 is 9.18 Å². The van der Waals surface area contributed by atoms with Gasteiger partial charge in [0.25, 0.3) is 0 Å². The van der Waals surface area contributed by atoms with Crippen LogP contribution in [0.1, 0.15) is 44.2 Å². The van der Waals surface area contributed by atoms with E-state index in [1.807, 2.05) is 24.8 Å². The zero-order valence-electron chi connectivity index (χ0n) is 20.8. The molecular weight excluding hydrogens is 441 g/mol. The molecule has 2 aromatic rings. The van der Waals surface area contributed by atoms with Crippen LogP contribution in [0.4, 0.5) is 14.9 Å². The Hall–Kier alpha value is -3.11. The van der Waals surface area contributed by atoms with Gasteiger partial charge in [0.1, 0.15) is 11.9 Å². The molecule has 2 aliphatic rings. The van der Waals surface area contributed by atoms with Crippen molar-refractivity contribution >= 4 is 11.7 Å². The third kappa shape index (κ3) is 6.32. The van der Waals surface area contributed by atoms with Gasteiger partial charge in [-0.15, -0.1) is 0 Å². The number of nitrogens with zero attached hydrogens (tertiary/aromatic N) is 4. The zero-order valence-corrected chi connectivity index (χ0v) is 20.8. The number of nitrogens with one attached hydrogen (secondary N) is 1. The van der Waals surface area contributed by atoms with Crippen molar-refractivity contribution in [2.24, 2.45) is 5.92 Å². The largest absolute Gasteiger partial charge is 0.367 e. The van der Waals surface area contributed by atoms with Crippen LogP contribution in [-0.2, 0) is 6.54 Å². The van der Waals surface area contributed by atoms with E-state index in [0.717, 1.165) is 31.7 Å². The van der Waals surface area contributed by atoms with E-state index in [-0.39, 0.29) is 23.7 Å². The van der Waals surface area contributed by atoms with Gasteiger partial charge in [0.15, 0.2) is 0 Å². The highest BCUT2D eigenvalue weighted by molar-refractivity contribution is 5.75. The van der Waals surface area contributed by atoms with Crippen LogP contribution in [0.5, 0.6) is 0 Å². The SMILES string of the molecule is C[C@@H]1CN(c2ccc(C#N)c(F)c2)C[C@H](C)N1C(=O)NCCC1CCN(Cc2ccccc2)CC1. The minimum Gasteiger partial charge on any atom is -0.367 e. The highest BCUT2D eigenvalue weighted by atomic mass is 19.1. The second kappa shape index (κ2) is 11.5. The van der Waals surface area contributed by atoms with Gasteiger partial charge >= 0.3 is 6.03 Å². The minimum atomic E-state index is -0.503. The number of piperidine rings is 1. The van der Waals surface area contributed by atoms with Gasteiger partial charge in [-0.05, 0) is 75.9 Å². The van der Waals surface area contributed by atoms with Crippen molar-refractivity contribution in [3.8, 4) is 6.07 Å². The topological polar surface area (TPSA) is 62.6 Å². The first-order valence-electron chi connectivity index (χ1n) is 12.7. The Labute approximate surface area is 208 Å². The van der Waals surface area contributed by atoms with Crippen LogP contribution in [0.2, 0.25) is 0 Å². The fourth-order valence-electron chi connectivity index (χ4n) is 5.47. The predicted octanol–water partition coefficient (Wildman–Crippen LogP) is 4.61. The number of likely N-dealkylation sites (tertiary alicyclic amines) is 1. The van der Waals surface area contributed by atoms with Crippen LogP contribution in [0.3, 0.4) is 0 Å². The molecule has 0 aliphatic carbocycles. The Morgan fingerprint density at radius 1 is 1.09 bits per heavy atom. The molecule has 0 saturated carbocycles. The summed E-state index contributed by atoms with van der Waals surface area (Å²) in [5, 5.41) is 12.1. The van der Waals surface area contributed by atoms with Crippen LogP contribution in [0.15, 0.2) is 48.5 Å². The molecule has 0 unspecified atom stereocenters.